The van der Waals surface area contributed by atoms with Gasteiger partial charge in [-0.1, -0.05) is 41.9 Å². The number of hydrogen-bond acceptors (Lipinski definition) is 4. The molecule has 0 spiro atoms. The number of anilines is 1. The van der Waals surface area contributed by atoms with Crippen molar-refractivity contribution < 1.29 is 4.79 Å². The van der Waals surface area contributed by atoms with Crippen molar-refractivity contribution in [2.45, 2.75) is 19.4 Å². The number of carbonyl (C=O) groups excluding carboxylic acids is 1. The number of para-hydroxylation sites is 2. The van der Waals surface area contributed by atoms with Crippen LogP contribution in [0.15, 0.2) is 60.7 Å². The van der Waals surface area contributed by atoms with E-state index in [1.165, 1.54) is 11.3 Å². The Morgan fingerprint density at radius 1 is 1.17 bits per heavy atom. The molecular weight excluding hydrogens is 416 g/mol. The molecule has 0 radical (unpaired) electrons. The molecule has 1 saturated heterocycles. The zero-order valence-electron chi connectivity index (χ0n) is 16.5. The molecule has 2 aromatic heterocycles. The number of nitrogens with one attached hydrogen (secondary N) is 1. The van der Waals surface area contributed by atoms with E-state index in [9.17, 15) is 4.79 Å². The third kappa shape index (κ3) is 3.46. The topological polar surface area (TPSA) is 50.2 Å². The van der Waals surface area contributed by atoms with Crippen LogP contribution in [0.3, 0.4) is 0 Å². The van der Waals surface area contributed by atoms with Gasteiger partial charge in [0.15, 0.2) is 0 Å². The zero-order valence-corrected chi connectivity index (χ0v) is 18.1. The monoisotopic (exact) mass is 436 g/mol. The van der Waals surface area contributed by atoms with E-state index in [0.717, 1.165) is 45.1 Å². The molecule has 1 fully saturated rings. The molecule has 0 bridgehead atoms. The van der Waals surface area contributed by atoms with E-state index in [4.69, 9.17) is 11.6 Å². The summed E-state index contributed by atoms with van der Waals surface area (Å²) in [7, 11) is 0. The van der Waals surface area contributed by atoms with Gasteiger partial charge in [0.25, 0.3) is 5.91 Å². The van der Waals surface area contributed by atoms with Gasteiger partial charge >= 0.3 is 0 Å². The molecule has 5 rings (SSSR count). The Kier molecular flexibility index (Phi) is 4.97. The first-order chi connectivity index (χ1) is 14.6. The van der Waals surface area contributed by atoms with Crippen molar-refractivity contribution in [3.05, 3.63) is 76.3 Å². The maximum Gasteiger partial charge on any atom is 0.264 e. The molecule has 30 heavy (non-hydrogen) atoms. The summed E-state index contributed by atoms with van der Waals surface area (Å²) in [6.07, 6.45) is 0.942. The second kappa shape index (κ2) is 7.78. The predicted octanol–water partition coefficient (Wildman–Crippen LogP) is 5.38. The summed E-state index contributed by atoms with van der Waals surface area (Å²) in [6.45, 7) is 3.43. The first-order valence-corrected chi connectivity index (χ1v) is 11.1. The molecule has 4 aromatic rings. The largest absolute Gasteiger partial charge is 0.380 e. The lowest BCUT2D eigenvalue weighted by Crippen LogP contribution is -2.31. The number of aryl methyl sites for hydroxylation is 1. The number of fused-ring (bicyclic) bond motifs is 1. The fraction of sp³-hybridized carbons (Fsp3) is 0.217. The van der Waals surface area contributed by atoms with Crippen molar-refractivity contribution in [2.24, 2.45) is 0 Å². The molecule has 0 saturated carbocycles. The number of halogens is 1. The number of carbonyl (C=O) groups is 1. The summed E-state index contributed by atoms with van der Waals surface area (Å²) in [5.74, 6) is 0.0821. The minimum Gasteiger partial charge on any atom is -0.380 e. The van der Waals surface area contributed by atoms with E-state index < -0.39 is 0 Å². The van der Waals surface area contributed by atoms with Crippen LogP contribution in [0.25, 0.3) is 15.9 Å². The highest BCUT2D eigenvalue weighted by Gasteiger charge is 2.28. The standard InChI is InChI=1S/C23H21ClN4OS/c1-15-18-13-21(30-23(18)28(26-15)20-10-6-5-9-19(20)24)22(29)27-12-11-17(14-27)25-16-7-3-2-4-8-16/h2-10,13,17,25H,11-12,14H2,1H3. The average molecular weight is 437 g/mol. The van der Waals surface area contributed by atoms with Crippen LogP contribution in [0.2, 0.25) is 5.02 Å². The Bertz CT molecular complexity index is 1220. The summed E-state index contributed by atoms with van der Waals surface area (Å²) in [5, 5.41) is 9.81. The van der Waals surface area contributed by atoms with E-state index in [1.54, 1.807) is 0 Å². The van der Waals surface area contributed by atoms with Gasteiger partial charge in [-0.15, -0.1) is 11.3 Å². The number of thiophene rings is 1. The van der Waals surface area contributed by atoms with Crippen molar-refractivity contribution in [1.82, 2.24) is 14.7 Å². The van der Waals surface area contributed by atoms with Gasteiger partial charge in [-0.25, -0.2) is 4.68 Å². The summed E-state index contributed by atoms with van der Waals surface area (Å²) in [5.41, 5.74) is 2.81. The fourth-order valence-electron chi connectivity index (χ4n) is 3.93. The Morgan fingerprint density at radius 3 is 2.73 bits per heavy atom. The number of likely N-dealkylation sites (tertiary alicyclic amines) is 1. The molecule has 1 amide bonds. The van der Waals surface area contributed by atoms with Crippen molar-refractivity contribution in [3.8, 4) is 5.69 Å². The molecule has 1 N–H and O–H groups in total. The first kappa shape index (κ1) is 19.2. The average Bonchev–Trinajstić information content (AvgIpc) is 3.46. The van der Waals surface area contributed by atoms with E-state index in [0.29, 0.717) is 11.6 Å². The highest BCUT2D eigenvalue weighted by Crippen LogP contribution is 2.33. The van der Waals surface area contributed by atoms with Crippen LogP contribution in [0.4, 0.5) is 5.69 Å². The number of amides is 1. The van der Waals surface area contributed by atoms with Gasteiger partial charge in [0.1, 0.15) is 4.83 Å². The van der Waals surface area contributed by atoms with Crippen LogP contribution < -0.4 is 5.32 Å². The minimum atomic E-state index is 0.0821. The molecule has 1 atom stereocenters. The Morgan fingerprint density at radius 2 is 1.93 bits per heavy atom. The highest BCUT2D eigenvalue weighted by atomic mass is 35.5. The Labute approximate surface area is 183 Å². The second-order valence-electron chi connectivity index (χ2n) is 7.53. The molecular formula is C23H21ClN4OS. The van der Waals surface area contributed by atoms with E-state index in [-0.39, 0.29) is 11.9 Å². The second-order valence-corrected chi connectivity index (χ2v) is 8.96. The maximum atomic E-state index is 13.2. The Hall–Kier alpha value is -2.83. The van der Waals surface area contributed by atoms with Crippen molar-refractivity contribution in [2.75, 3.05) is 18.4 Å². The molecule has 0 aliphatic carbocycles. The minimum absolute atomic E-state index is 0.0821. The van der Waals surface area contributed by atoms with Crippen molar-refractivity contribution in [3.63, 3.8) is 0 Å². The number of hydrogen-bond donors (Lipinski definition) is 1. The molecule has 1 unspecified atom stereocenters. The molecule has 1 aliphatic heterocycles. The van der Waals surface area contributed by atoms with Gasteiger partial charge in [-0.2, -0.15) is 5.10 Å². The smallest absolute Gasteiger partial charge is 0.264 e. The summed E-state index contributed by atoms with van der Waals surface area (Å²) in [6, 6.07) is 20.0. The van der Waals surface area contributed by atoms with E-state index in [1.807, 2.05) is 65.0 Å². The predicted molar refractivity (Wildman–Crippen MR) is 123 cm³/mol. The van der Waals surface area contributed by atoms with Crippen molar-refractivity contribution in [1.29, 1.82) is 0 Å². The normalized spacial score (nSPS) is 16.3. The van der Waals surface area contributed by atoms with Crippen LogP contribution in [0.5, 0.6) is 0 Å². The van der Waals surface area contributed by atoms with Crippen molar-refractivity contribution >= 4 is 44.7 Å². The summed E-state index contributed by atoms with van der Waals surface area (Å²) in [4.78, 5) is 16.8. The van der Waals surface area contributed by atoms with Gasteiger partial charge < -0.3 is 10.2 Å². The van der Waals surface area contributed by atoms with Crippen LogP contribution in [0, 0.1) is 6.92 Å². The van der Waals surface area contributed by atoms with Gasteiger partial charge in [0.05, 0.1) is 21.3 Å². The van der Waals surface area contributed by atoms with Crippen LogP contribution in [-0.2, 0) is 0 Å². The SMILES string of the molecule is Cc1nn(-c2ccccc2Cl)c2sc(C(=O)N3CCC(Nc4ccccc4)C3)cc12. The Balaban J connectivity index is 1.38. The third-order valence-electron chi connectivity index (χ3n) is 5.46. The number of benzene rings is 2. The van der Waals surface area contributed by atoms with E-state index >= 15 is 0 Å². The lowest BCUT2D eigenvalue weighted by atomic mass is 10.2. The number of rotatable bonds is 4. The van der Waals surface area contributed by atoms with E-state index in [2.05, 4.69) is 22.5 Å². The van der Waals surface area contributed by atoms with Gasteiger partial charge in [0.2, 0.25) is 0 Å². The van der Waals surface area contributed by atoms with Crippen LogP contribution in [0.1, 0.15) is 21.8 Å². The quantitative estimate of drug-likeness (QED) is 0.467. The zero-order chi connectivity index (χ0) is 20.7. The van der Waals surface area contributed by atoms with Gasteiger partial charge in [0, 0.05) is 30.2 Å². The third-order valence-corrected chi connectivity index (χ3v) is 6.87. The van der Waals surface area contributed by atoms with Crippen LogP contribution >= 0.6 is 22.9 Å². The van der Waals surface area contributed by atoms with Crippen LogP contribution in [-0.4, -0.2) is 39.7 Å². The lowest BCUT2D eigenvalue weighted by molar-refractivity contribution is 0.0796. The maximum absolute atomic E-state index is 13.2. The fourth-order valence-corrected chi connectivity index (χ4v) is 5.29. The molecule has 5 nitrogen and oxygen atoms in total. The van der Waals surface area contributed by atoms with Gasteiger partial charge in [-0.05, 0) is 43.7 Å². The summed E-state index contributed by atoms with van der Waals surface area (Å²) >= 11 is 7.86. The number of aromatic nitrogens is 2. The molecule has 1 aliphatic rings. The lowest BCUT2D eigenvalue weighted by Gasteiger charge is -2.17. The molecule has 7 heteroatoms. The summed E-state index contributed by atoms with van der Waals surface area (Å²) < 4.78 is 1.85. The molecule has 3 heterocycles. The molecule has 2 aromatic carbocycles. The first-order valence-electron chi connectivity index (χ1n) is 9.95. The number of nitrogens with zero attached hydrogens (tertiary/aromatic N) is 3. The highest BCUT2D eigenvalue weighted by molar-refractivity contribution is 7.20. The molecule has 152 valence electrons. The van der Waals surface area contributed by atoms with Gasteiger partial charge in [-0.3, -0.25) is 4.79 Å².